The second-order valence-corrected chi connectivity index (χ2v) is 6.61. The van der Waals surface area contributed by atoms with Crippen LogP contribution in [-0.4, -0.2) is 45.0 Å². The van der Waals surface area contributed by atoms with E-state index < -0.39 is 0 Å². The molecule has 0 fully saturated rings. The first-order valence-corrected chi connectivity index (χ1v) is 10.5. The topological polar surface area (TPSA) is 90.1 Å². The molecule has 0 amide bonds. The van der Waals surface area contributed by atoms with Crippen molar-refractivity contribution in [2.45, 2.75) is 46.6 Å². The van der Waals surface area contributed by atoms with E-state index in [2.05, 4.69) is 29.6 Å². The third-order valence-corrected chi connectivity index (χ3v) is 4.55. The summed E-state index contributed by atoms with van der Waals surface area (Å²) in [5, 5.41) is 10.8. The molecule has 1 aromatic carbocycles. The van der Waals surface area contributed by atoms with Gasteiger partial charge in [-0.05, 0) is 19.8 Å². The van der Waals surface area contributed by atoms with Gasteiger partial charge in [-0.25, -0.2) is 4.99 Å². The van der Waals surface area contributed by atoms with Crippen molar-refractivity contribution in [2.24, 2.45) is 4.99 Å². The van der Waals surface area contributed by atoms with Crippen LogP contribution in [-0.2, 0) is 19.4 Å². The quantitative estimate of drug-likeness (QED) is 0.310. The Morgan fingerprint density at radius 1 is 1.00 bits per heavy atom. The number of rotatable bonds is 12. The predicted molar refractivity (Wildman–Crippen MR) is 118 cm³/mol. The molecule has 2 rings (SSSR count). The van der Waals surface area contributed by atoms with Gasteiger partial charge < -0.3 is 29.4 Å². The van der Waals surface area contributed by atoms with Gasteiger partial charge in [0.25, 0.3) is 0 Å². The van der Waals surface area contributed by atoms with E-state index in [4.69, 9.17) is 23.7 Å². The monoisotopic (exact) mass is 418 g/mol. The van der Waals surface area contributed by atoms with Gasteiger partial charge in [-0.15, -0.1) is 0 Å². The summed E-state index contributed by atoms with van der Waals surface area (Å²) in [6, 6.07) is 5.51. The Kier molecular flexibility index (Phi) is 9.83. The molecule has 0 saturated carbocycles. The molecule has 8 heteroatoms. The fraction of sp³-hybridized carbons (Fsp3) is 0.545. The van der Waals surface area contributed by atoms with Crippen molar-refractivity contribution in [3.8, 4) is 17.2 Å². The molecule has 0 aliphatic rings. The Morgan fingerprint density at radius 2 is 1.70 bits per heavy atom. The summed E-state index contributed by atoms with van der Waals surface area (Å²) in [7, 11) is 3.24. The molecular formula is C22H34N4O4. The number of hydrogen-bond donors (Lipinski definition) is 2. The summed E-state index contributed by atoms with van der Waals surface area (Å²) in [5.74, 6) is 3.81. The SMILES string of the molecule is CCNC(=NCc1c(CC)noc1CC)NCCCOc1cc(OC)cc(OC)c1. The molecule has 0 bridgehead atoms. The van der Waals surface area contributed by atoms with Gasteiger partial charge >= 0.3 is 0 Å². The third-order valence-electron chi connectivity index (χ3n) is 4.55. The number of aromatic nitrogens is 1. The van der Waals surface area contributed by atoms with Crippen LogP contribution in [0.2, 0.25) is 0 Å². The van der Waals surface area contributed by atoms with Crippen molar-refractivity contribution in [1.82, 2.24) is 15.8 Å². The van der Waals surface area contributed by atoms with Crippen LogP contribution in [0.3, 0.4) is 0 Å². The van der Waals surface area contributed by atoms with Crippen LogP contribution in [0.15, 0.2) is 27.7 Å². The van der Waals surface area contributed by atoms with Crippen LogP contribution in [0.25, 0.3) is 0 Å². The fourth-order valence-corrected chi connectivity index (χ4v) is 2.95. The number of nitrogens with one attached hydrogen (secondary N) is 2. The van der Waals surface area contributed by atoms with E-state index in [0.29, 0.717) is 24.7 Å². The number of hydrogen-bond acceptors (Lipinski definition) is 6. The Labute approximate surface area is 179 Å². The maximum absolute atomic E-state index is 5.83. The molecule has 1 heterocycles. The number of methoxy groups -OCH3 is 2. The van der Waals surface area contributed by atoms with Gasteiger partial charge in [-0.1, -0.05) is 19.0 Å². The van der Waals surface area contributed by atoms with Crippen LogP contribution >= 0.6 is 0 Å². The van der Waals surface area contributed by atoms with Gasteiger partial charge in [0.2, 0.25) is 0 Å². The van der Waals surface area contributed by atoms with Gasteiger partial charge in [0.05, 0.1) is 33.1 Å². The molecule has 166 valence electrons. The molecule has 8 nitrogen and oxygen atoms in total. The lowest BCUT2D eigenvalue weighted by Crippen LogP contribution is -2.38. The normalized spacial score (nSPS) is 11.3. The zero-order valence-corrected chi connectivity index (χ0v) is 18.7. The molecule has 0 unspecified atom stereocenters. The van der Waals surface area contributed by atoms with E-state index in [1.807, 2.05) is 25.1 Å². The third kappa shape index (κ3) is 6.86. The summed E-state index contributed by atoms with van der Waals surface area (Å²) in [4.78, 5) is 4.69. The van der Waals surface area contributed by atoms with Crippen molar-refractivity contribution < 1.29 is 18.7 Å². The molecule has 0 aliphatic carbocycles. The lowest BCUT2D eigenvalue weighted by Gasteiger charge is -2.13. The number of aryl methyl sites for hydroxylation is 2. The molecule has 0 aliphatic heterocycles. The lowest BCUT2D eigenvalue weighted by molar-refractivity contribution is 0.305. The maximum atomic E-state index is 5.83. The van der Waals surface area contributed by atoms with E-state index >= 15 is 0 Å². The van der Waals surface area contributed by atoms with Crippen LogP contribution in [0.4, 0.5) is 0 Å². The van der Waals surface area contributed by atoms with Crippen molar-refractivity contribution in [1.29, 1.82) is 0 Å². The van der Waals surface area contributed by atoms with Crippen LogP contribution in [0.1, 0.15) is 44.2 Å². The van der Waals surface area contributed by atoms with Crippen LogP contribution in [0, 0.1) is 0 Å². The van der Waals surface area contributed by atoms with E-state index in [1.54, 1.807) is 14.2 Å². The average Bonchev–Trinajstić information content (AvgIpc) is 3.18. The van der Waals surface area contributed by atoms with Gasteiger partial charge in [0.15, 0.2) is 5.96 Å². The number of ether oxygens (including phenoxy) is 3. The Morgan fingerprint density at radius 3 is 2.30 bits per heavy atom. The highest BCUT2D eigenvalue weighted by Gasteiger charge is 2.13. The Hall–Kier alpha value is -2.90. The number of nitrogens with zero attached hydrogens (tertiary/aromatic N) is 2. The molecule has 30 heavy (non-hydrogen) atoms. The molecule has 0 radical (unpaired) electrons. The fourth-order valence-electron chi connectivity index (χ4n) is 2.95. The minimum absolute atomic E-state index is 0.547. The highest BCUT2D eigenvalue weighted by molar-refractivity contribution is 5.79. The summed E-state index contributed by atoms with van der Waals surface area (Å²) >= 11 is 0. The second kappa shape index (κ2) is 12.6. The van der Waals surface area contributed by atoms with Gasteiger partial charge in [0, 0.05) is 43.3 Å². The van der Waals surface area contributed by atoms with E-state index in [1.165, 1.54) is 0 Å². The largest absolute Gasteiger partial charge is 0.496 e. The molecule has 0 atom stereocenters. The molecule has 0 spiro atoms. The van der Waals surface area contributed by atoms with Crippen molar-refractivity contribution in [2.75, 3.05) is 33.9 Å². The standard InChI is InChI=1S/C22H34N4O4/c1-6-20-19(21(7-2)30-26-20)15-25-22(23-8-3)24-10-9-11-29-18-13-16(27-4)12-17(14-18)28-5/h12-14H,6-11,15H2,1-5H3,(H2,23,24,25). The first-order chi connectivity index (χ1) is 14.6. The van der Waals surface area contributed by atoms with Gasteiger partial charge in [-0.3, -0.25) is 0 Å². The van der Waals surface area contributed by atoms with Crippen LogP contribution < -0.4 is 24.8 Å². The number of guanidine groups is 1. The maximum Gasteiger partial charge on any atom is 0.191 e. The second-order valence-electron chi connectivity index (χ2n) is 6.61. The Bertz CT molecular complexity index is 761. The van der Waals surface area contributed by atoms with Crippen molar-refractivity contribution in [3.63, 3.8) is 0 Å². The van der Waals surface area contributed by atoms with E-state index in [0.717, 1.165) is 61.1 Å². The van der Waals surface area contributed by atoms with Gasteiger partial charge in [0.1, 0.15) is 23.0 Å². The van der Waals surface area contributed by atoms with E-state index in [9.17, 15) is 0 Å². The molecular weight excluding hydrogens is 384 g/mol. The highest BCUT2D eigenvalue weighted by atomic mass is 16.5. The smallest absolute Gasteiger partial charge is 0.191 e. The highest BCUT2D eigenvalue weighted by Crippen LogP contribution is 2.27. The first kappa shape index (κ1) is 23.4. The summed E-state index contributed by atoms with van der Waals surface area (Å²) < 4.78 is 21.8. The molecule has 2 aromatic rings. The average molecular weight is 419 g/mol. The van der Waals surface area contributed by atoms with E-state index in [-0.39, 0.29) is 0 Å². The molecule has 0 saturated heterocycles. The zero-order valence-electron chi connectivity index (χ0n) is 18.7. The summed E-state index contributed by atoms with van der Waals surface area (Å²) in [6.07, 6.45) is 2.47. The van der Waals surface area contributed by atoms with Gasteiger partial charge in [-0.2, -0.15) is 0 Å². The predicted octanol–water partition coefficient (Wildman–Crippen LogP) is 3.34. The lowest BCUT2D eigenvalue weighted by atomic mass is 10.1. The van der Waals surface area contributed by atoms with Crippen molar-refractivity contribution in [3.05, 3.63) is 35.2 Å². The molecule has 1 aromatic heterocycles. The Balaban J connectivity index is 1.85. The minimum Gasteiger partial charge on any atom is -0.496 e. The number of benzene rings is 1. The first-order valence-electron chi connectivity index (χ1n) is 10.5. The minimum atomic E-state index is 0.547. The van der Waals surface area contributed by atoms with Crippen molar-refractivity contribution >= 4 is 5.96 Å². The van der Waals surface area contributed by atoms with Crippen LogP contribution in [0.5, 0.6) is 17.2 Å². The molecule has 2 N–H and O–H groups in total. The zero-order chi connectivity index (χ0) is 21.8. The summed E-state index contributed by atoms with van der Waals surface area (Å²) in [5.41, 5.74) is 2.07. The summed E-state index contributed by atoms with van der Waals surface area (Å²) in [6.45, 7) is 8.82. The number of aliphatic imine (C=N–C) groups is 1.